The van der Waals surface area contributed by atoms with Crippen LogP contribution >= 0.6 is 34.8 Å². The molecule has 168 valence electrons. The molecule has 0 unspecified atom stereocenters. The number of aromatic nitrogens is 2. The van der Waals surface area contributed by atoms with Gasteiger partial charge in [0.1, 0.15) is 5.75 Å². The van der Waals surface area contributed by atoms with Crippen LogP contribution < -0.4 is 10.1 Å². The number of benzene rings is 3. The van der Waals surface area contributed by atoms with Crippen LogP contribution in [0.4, 0.5) is 0 Å². The van der Waals surface area contributed by atoms with E-state index in [-0.39, 0.29) is 5.91 Å². The maximum atomic E-state index is 13.1. The molecule has 0 spiro atoms. The number of ether oxygens (including phenoxy) is 1. The molecule has 3 aromatic carbocycles. The quantitative estimate of drug-likeness (QED) is 0.319. The highest BCUT2D eigenvalue weighted by atomic mass is 35.5. The Morgan fingerprint density at radius 3 is 2.27 bits per heavy atom. The molecule has 5 nitrogen and oxygen atoms in total. The van der Waals surface area contributed by atoms with Gasteiger partial charge < -0.3 is 10.1 Å². The van der Waals surface area contributed by atoms with Crippen molar-refractivity contribution in [3.05, 3.63) is 98.6 Å². The number of carbonyl (C=O) groups is 1. The maximum Gasteiger partial charge on any atom is 0.272 e. The Morgan fingerprint density at radius 2 is 1.64 bits per heavy atom. The van der Waals surface area contributed by atoms with Gasteiger partial charge in [-0.2, -0.15) is 5.10 Å². The first-order chi connectivity index (χ1) is 15.9. The van der Waals surface area contributed by atoms with Crippen LogP contribution in [0.1, 0.15) is 21.6 Å². The Morgan fingerprint density at radius 1 is 0.970 bits per heavy atom. The monoisotopic (exact) mass is 499 g/mol. The third-order valence-corrected chi connectivity index (χ3v) is 5.99. The Labute approximate surface area is 206 Å². The topological polar surface area (TPSA) is 56.1 Å². The number of methoxy groups -OCH3 is 1. The van der Waals surface area contributed by atoms with E-state index in [2.05, 4.69) is 10.4 Å². The van der Waals surface area contributed by atoms with E-state index in [1.165, 1.54) is 0 Å². The summed E-state index contributed by atoms with van der Waals surface area (Å²) >= 11 is 18.6. The van der Waals surface area contributed by atoms with Gasteiger partial charge in [0, 0.05) is 27.7 Å². The Bertz CT molecular complexity index is 1300. The van der Waals surface area contributed by atoms with Gasteiger partial charge in [0.15, 0.2) is 5.69 Å². The standard InChI is InChI=1S/C25H20Cl3N3O2/c1-15-23(25(32)29-14-16-3-10-20(33-2)11-4-16)30-31(22-12-9-19(27)13-21(22)28)24(15)17-5-7-18(26)8-6-17/h3-13H,14H2,1-2H3,(H,29,32). The summed E-state index contributed by atoms with van der Waals surface area (Å²) in [6.45, 7) is 2.21. The summed E-state index contributed by atoms with van der Waals surface area (Å²) in [5.74, 6) is 0.467. The summed E-state index contributed by atoms with van der Waals surface area (Å²) < 4.78 is 6.84. The lowest BCUT2D eigenvalue weighted by molar-refractivity contribution is 0.0945. The molecule has 0 atom stereocenters. The van der Waals surface area contributed by atoms with E-state index in [9.17, 15) is 4.79 Å². The van der Waals surface area contributed by atoms with E-state index < -0.39 is 0 Å². The number of carbonyl (C=O) groups excluding carboxylic acids is 1. The van der Waals surface area contributed by atoms with Crippen LogP contribution in [-0.2, 0) is 6.54 Å². The maximum absolute atomic E-state index is 13.1. The SMILES string of the molecule is COc1ccc(CNC(=O)c2nn(-c3ccc(Cl)cc3Cl)c(-c3ccc(Cl)cc3)c2C)cc1. The Hall–Kier alpha value is -2.99. The molecule has 1 aromatic heterocycles. The van der Waals surface area contributed by atoms with Gasteiger partial charge in [-0.25, -0.2) is 4.68 Å². The molecule has 0 bridgehead atoms. The highest BCUT2D eigenvalue weighted by Gasteiger charge is 2.23. The highest BCUT2D eigenvalue weighted by Crippen LogP contribution is 2.33. The van der Waals surface area contributed by atoms with E-state index in [1.807, 2.05) is 43.3 Å². The van der Waals surface area contributed by atoms with Crippen molar-refractivity contribution in [2.75, 3.05) is 7.11 Å². The van der Waals surface area contributed by atoms with Crippen molar-refractivity contribution >= 4 is 40.7 Å². The molecule has 33 heavy (non-hydrogen) atoms. The second-order valence-electron chi connectivity index (χ2n) is 7.37. The van der Waals surface area contributed by atoms with Gasteiger partial charge in [-0.15, -0.1) is 0 Å². The fourth-order valence-electron chi connectivity index (χ4n) is 3.50. The number of nitrogens with one attached hydrogen (secondary N) is 1. The molecule has 0 aliphatic carbocycles. The number of rotatable bonds is 6. The first kappa shape index (κ1) is 23.2. The molecule has 4 rings (SSSR count). The summed E-state index contributed by atoms with van der Waals surface area (Å²) in [4.78, 5) is 13.1. The van der Waals surface area contributed by atoms with Gasteiger partial charge >= 0.3 is 0 Å². The van der Waals surface area contributed by atoms with Gasteiger partial charge in [0.25, 0.3) is 5.91 Å². The smallest absolute Gasteiger partial charge is 0.272 e. The van der Waals surface area contributed by atoms with Crippen molar-refractivity contribution < 1.29 is 9.53 Å². The van der Waals surface area contributed by atoms with E-state index in [0.29, 0.717) is 33.0 Å². The van der Waals surface area contributed by atoms with E-state index in [4.69, 9.17) is 39.5 Å². The molecule has 4 aromatic rings. The number of hydrogen-bond acceptors (Lipinski definition) is 3. The van der Waals surface area contributed by atoms with Crippen LogP contribution in [0.5, 0.6) is 5.75 Å². The fraction of sp³-hybridized carbons (Fsp3) is 0.120. The van der Waals surface area contributed by atoms with Gasteiger partial charge in [-0.3, -0.25) is 4.79 Å². The van der Waals surface area contributed by atoms with Gasteiger partial charge in [-0.1, -0.05) is 59.1 Å². The predicted octanol–water partition coefficient (Wildman–Crippen LogP) is 6.75. The van der Waals surface area contributed by atoms with Crippen LogP contribution in [0.25, 0.3) is 16.9 Å². The van der Waals surface area contributed by atoms with Gasteiger partial charge in [0.05, 0.1) is 23.5 Å². The van der Waals surface area contributed by atoms with Crippen molar-refractivity contribution in [2.24, 2.45) is 0 Å². The number of amides is 1. The van der Waals surface area contributed by atoms with Gasteiger partial charge in [0.2, 0.25) is 0 Å². The fourth-order valence-corrected chi connectivity index (χ4v) is 4.11. The number of nitrogens with zero attached hydrogens (tertiary/aromatic N) is 2. The zero-order valence-corrected chi connectivity index (χ0v) is 20.2. The normalized spacial score (nSPS) is 10.8. The number of halogens is 3. The van der Waals surface area contributed by atoms with Crippen molar-refractivity contribution in [3.63, 3.8) is 0 Å². The van der Waals surface area contributed by atoms with Gasteiger partial charge in [-0.05, 0) is 55.0 Å². The van der Waals surface area contributed by atoms with Crippen LogP contribution in [0.2, 0.25) is 15.1 Å². The lowest BCUT2D eigenvalue weighted by atomic mass is 10.1. The van der Waals surface area contributed by atoms with Crippen LogP contribution in [0.15, 0.2) is 66.7 Å². The van der Waals surface area contributed by atoms with Crippen LogP contribution in [-0.4, -0.2) is 22.8 Å². The second-order valence-corrected chi connectivity index (χ2v) is 8.65. The summed E-state index contributed by atoms with van der Waals surface area (Å²) in [7, 11) is 1.61. The van der Waals surface area contributed by atoms with E-state index in [1.54, 1.807) is 42.1 Å². The molecule has 0 aliphatic rings. The molecular formula is C25H20Cl3N3O2. The highest BCUT2D eigenvalue weighted by molar-refractivity contribution is 6.35. The molecule has 1 N–H and O–H groups in total. The summed E-state index contributed by atoms with van der Waals surface area (Å²) in [5.41, 5.74) is 4.17. The molecule has 1 amide bonds. The van der Waals surface area contributed by atoms with E-state index in [0.717, 1.165) is 28.1 Å². The second kappa shape index (κ2) is 9.87. The number of hydrogen-bond donors (Lipinski definition) is 1. The first-order valence-electron chi connectivity index (χ1n) is 10.1. The zero-order chi connectivity index (χ0) is 23.5. The van der Waals surface area contributed by atoms with Crippen molar-refractivity contribution in [1.29, 1.82) is 0 Å². The van der Waals surface area contributed by atoms with Crippen LogP contribution in [0, 0.1) is 6.92 Å². The molecule has 1 heterocycles. The third-order valence-electron chi connectivity index (χ3n) is 5.20. The lowest BCUT2D eigenvalue weighted by Crippen LogP contribution is -2.24. The molecule has 0 aliphatic heterocycles. The third kappa shape index (κ3) is 5.01. The molecule has 0 fully saturated rings. The van der Waals surface area contributed by atoms with Crippen molar-refractivity contribution in [2.45, 2.75) is 13.5 Å². The zero-order valence-electron chi connectivity index (χ0n) is 17.9. The summed E-state index contributed by atoms with van der Waals surface area (Å²) in [6, 6.07) is 20.0. The minimum atomic E-state index is -0.289. The molecular weight excluding hydrogens is 481 g/mol. The molecule has 8 heteroatoms. The minimum Gasteiger partial charge on any atom is -0.497 e. The summed E-state index contributed by atoms with van der Waals surface area (Å²) in [5, 5.41) is 9.12. The Balaban J connectivity index is 1.72. The molecule has 0 saturated carbocycles. The minimum absolute atomic E-state index is 0.289. The predicted molar refractivity (Wildman–Crippen MR) is 133 cm³/mol. The largest absolute Gasteiger partial charge is 0.497 e. The first-order valence-corrected chi connectivity index (χ1v) is 11.2. The molecule has 0 saturated heterocycles. The van der Waals surface area contributed by atoms with Crippen molar-refractivity contribution in [1.82, 2.24) is 15.1 Å². The lowest BCUT2D eigenvalue weighted by Gasteiger charge is -2.11. The Kier molecular flexibility index (Phi) is 6.94. The van der Waals surface area contributed by atoms with Crippen LogP contribution in [0.3, 0.4) is 0 Å². The average Bonchev–Trinajstić information content (AvgIpc) is 3.15. The summed E-state index contributed by atoms with van der Waals surface area (Å²) in [6.07, 6.45) is 0. The van der Waals surface area contributed by atoms with Crippen molar-refractivity contribution in [3.8, 4) is 22.7 Å². The van der Waals surface area contributed by atoms with E-state index >= 15 is 0 Å². The molecule has 0 radical (unpaired) electrons. The average molecular weight is 501 g/mol.